The Hall–Kier alpha value is -1.03. The van der Waals surface area contributed by atoms with Crippen LogP contribution >= 0.6 is 12.6 Å². The molecule has 0 bridgehead atoms. The van der Waals surface area contributed by atoms with Crippen LogP contribution < -0.4 is 0 Å². The lowest BCUT2D eigenvalue weighted by atomic mass is 10.1. The molecule has 1 heterocycles. The van der Waals surface area contributed by atoms with Crippen LogP contribution in [-0.2, 0) is 4.79 Å². The first-order valence-corrected chi connectivity index (χ1v) is 4.13. The van der Waals surface area contributed by atoms with Crippen molar-refractivity contribution >= 4 is 18.6 Å². The number of thiol groups is 1. The number of carbonyl (C=O) groups is 1. The molecule has 0 aliphatic rings. The van der Waals surface area contributed by atoms with Gasteiger partial charge in [-0.15, -0.1) is 0 Å². The number of hydrogen-bond acceptors (Lipinski definition) is 3. The Morgan fingerprint density at radius 1 is 1.67 bits per heavy atom. The average molecular weight is 183 g/mol. The van der Waals surface area contributed by atoms with Crippen LogP contribution in [0.2, 0.25) is 0 Å². The zero-order valence-corrected chi connectivity index (χ0v) is 7.24. The molecule has 4 heteroatoms. The van der Waals surface area contributed by atoms with Gasteiger partial charge in [0.15, 0.2) is 0 Å². The molecule has 1 atom stereocenters. The van der Waals surface area contributed by atoms with E-state index in [0.717, 1.165) is 0 Å². The lowest BCUT2D eigenvalue weighted by Gasteiger charge is -2.06. The predicted molar refractivity (Wildman–Crippen MR) is 48.5 cm³/mol. The van der Waals surface area contributed by atoms with Crippen molar-refractivity contribution in [1.29, 1.82) is 0 Å². The van der Waals surface area contributed by atoms with Gasteiger partial charge in [0.1, 0.15) is 5.92 Å². The number of aliphatic carboxylic acids is 1. The topological polar surface area (TPSA) is 50.2 Å². The molecular weight excluding hydrogens is 174 g/mol. The zero-order chi connectivity index (χ0) is 8.97. The molecule has 1 rings (SSSR count). The molecule has 0 aliphatic heterocycles. The average Bonchev–Trinajstić information content (AvgIpc) is 2.07. The van der Waals surface area contributed by atoms with Crippen LogP contribution in [0.15, 0.2) is 24.4 Å². The third-order valence-corrected chi connectivity index (χ3v) is 1.89. The molecule has 0 fully saturated rings. The Kier molecular flexibility index (Phi) is 3.10. The maximum absolute atomic E-state index is 10.6. The van der Waals surface area contributed by atoms with Gasteiger partial charge in [-0.1, -0.05) is 6.07 Å². The predicted octanol–water partition coefficient (Wildman–Crippen LogP) is 1.18. The molecule has 0 amide bonds. The Labute approximate surface area is 75.9 Å². The number of rotatable bonds is 3. The van der Waals surface area contributed by atoms with Crippen molar-refractivity contribution in [2.45, 2.75) is 5.92 Å². The van der Waals surface area contributed by atoms with Crippen LogP contribution in [0.25, 0.3) is 0 Å². The fraction of sp³-hybridized carbons (Fsp3) is 0.250. The molecule has 64 valence electrons. The monoisotopic (exact) mass is 183 g/mol. The summed E-state index contributed by atoms with van der Waals surface area (Å²) in [6, 6.07) is 5.21. The molecule has 0 saturated heterocycles. The largest absolute Gasteiger partial charge is 0.481 e. The van der Waals surface area contributed by atoms with Crippen LogP contribution in [0.4, 0.5) is 0 Å². The number of hydrogen-bond donors (Lipinski definition) is 2. The van der Waals surface area contributed by atoms with Crippen LogP contribution in [0, 0.1) is 0 Å². The molecule has 1 unspecified atom stereocenters. The van der Waals surface area contributed by atoms with Gasteiger partial charge in [0.25, 0.3) is 0 Å². The molecular formula is C8H9NO2S. The van der Waals surface area contributed by atoms with Crippen molar-refractivity contribution in [2.24, 2.45) is 0 Å². The molecule has 12 heavy (non-hydrogen) atoms. The van der Waals surface area contributed by atoms with E-state index in [0.29, 0.717) is 5.69 Å². The first kappa shape index (κ1) is 9.06. The van der Waals surface area contributed by atoms with Crippen molar-refractivity contribution in [2.75, 3.05) is 5.75 Å². The van der Waals surface area contributed by atoms with E-state index in [4.69, 9.17) is 5.11 Å². The third-order valence-electron chi connectivity index (χ3n) is 1.53. The molecule has 1 N–H and O–H groups in total. The summed E-state index contributed by atoms with van der Waals surface area (Å²) in [5.41, 5.74) is 0.556. The molecule has 1 aromatic rings. The highest BCUT2D eigenvalue weighted by Crippen LogP contribution is 2.13. The van der Waals surface area contributed by atoms with Crippen molar-refractivity contribution < 1.29 is 9.90 Å². The molecule has 0 aromatic carbocycles. The molecule has 3 nitrogen and oxygen atoms in total. The van der Waals surface area contributed by atoms with Crippen LogP contribution in [-0.4, -0.2) is 21.8 Å². The third kappa shape index (κ3) is 1.98. The Bertz CT molecular complexity index is 263. The fourth-order valence-corrected chi connectivity index (χ4v) is 1.22. The van der Waals surface area contributed by atoms with Gasteiger partial charge in [0.2, 0.25) is 0 Å². The Morgan fingerprint density at radius 2 is 2.42 bits per heavy atom. The number of pyridine rings is 1. The minimum absolute atomic E-state index is 0.270. The van der Waals surface area contributed by atoms with Gasteiger partial charge in [-0.3, -0.25) is 9.78 Å². The minimum atomic E-state index is -0.885. The number of aromatic nitrogens is 1. The highest BCUT2D eigenvalue weighted by molar-refractivity contribution is 7.80. The van der Waals surface area contributed by atoms with E-state index in [2.05, 4.69) is 17.6 Å². The Balaban J connectivity index is 2.88. The first-order chi connectivity index (χ1) is 5.75. The van der Waals surface area contributed by atoms with Gasteiger partial charge < -0.3 is 5.11 Å². The van der Waals surface area contributed by atoms with Gasteiger partial charge in [-0.2, -0.15) is 12.6 Å². The number of carboxylic acids is 1. The maximum Gasteiger partial charge on any atom is 0.313 e. The second-order valence-corrected chi connectivity index (χ2v) is 2.69. The van der Waals surface area contributed by atoms with E-state index >= 15 is 0 Å². The van der Waals surface area contributed by atoms with E-state index in [1.807, 2.05) is 0 Å². The summed E-state index contributed by atoms with van der Waals surface area (Å²) in [4.78, 5) is 14.6. The molecule has 1 aromatic heterocycles. The second kappa shape index (κ2) is 4.11. The summed E-state index contributed by atoms with van der Waals surface area (Å²) < 4.78 is 0. The normalized spacial score (nSPS) is 12.4. The van der Waals surface area contributed by atoms with Crippen molar-refractivity contribution in [3.63, 3.8) is 0 Å². The van der Waals surface area contributed by atoms with Crippen LogP contribution in [0.3, 0.4) is 0 Å². The van der Waals surface area contributed by atoms with Crippen LogP contribution in [0.1, 0.15) is 11.6 Å². The second-order valence-electron chi connectivity index (χ2n) is 2.33. The van der Waals surface area contributed by atoms with Gasteiger partial charge in [0, 0.05) is 11.9 Å². The quantitative estimate of drug-likeness (QED) is 0.692. The van der Waals surface area contributed by atoms with E-state index in [1.165, 1.54) is 0 Å². The standard InChI is InChI=1S/C8H9NO2S/c10-8(11)6(5-12)7-3-1-2-4-9-7/h1-4,6,12H,5H2,(H,10,11). The van der Waals surface area contributed by atoms with Gasteiger partial charge in [0.05, 0.1) is 5.69 Å². The van der Waals surface area contributed by atoms with Crippen LogP contribution in [0.5, 0.6) is 0 Å². The highest BCUT2D eigenvalue weighted by Gasteiger charge is 2.18. The van der Waals surface area contributed by atoms with E-state index in [1.54, 1.807) is 24.4 Å². The lowest BCUT2D eigenvalue weighted by Crippen LogP contribution is -2.14. The van der Waals surface area contributed by atoms with Crippen molar-refractivity contribution in [3.05, 3.63) is 30.1 Å². The summed E-state index contributed by atoms with van der Waals surface area (Å²) in [7, 11) is 0. The summed E-state index contributed by atoms with van der Waals surface area (Å²) in [6.07, 6.45) is 1.58. The van der Waals surface area contributed by atoms with E-state index in [-0.39, 0.29) is 5.75 Å². The van der Waals surface area contributed by atoms with Gasteiger partial charge in [-0.05, 0) is 12.1 Å². The molecule has 0 spiro atoms. The van der Waals surface area contributed by atoms with E-state index in [9.17, 15) is 4.79 Å². The lowest BCUT2D eigenvalue weighted by molar-refractivity contribution is -0.138. The van der Waals surface area contributed by atoms with Crippen molar-refractivity contribution in [3.8, 4) is 0 Å². The molecule has 0 saturated carbocycles. The first-order valence-electron chi connectivity index (χ1n) is 3.50. The maximum atomic E-state index is 10.6. The highest BCUT2D eigenvalue weighted by atomic mass is 32.1. The number of nitrogens with zero attached hydrogens (tertiary/aromatic N) is 1. The summed E-state index contributed by atoms with van der Waals surface area (Å²) in [5, 5.41) is 8.74. The summed E-state index contributed by atoms with van der Waals surface area (Å²) in [6.45, 7) is 0. The molecule has 0 radical (unpaired) electrons. The molecule has 0 aliphatic carbocycles. The van der Waals surface area contributed by atoms with Crippen molar-refractivity contribution in [1.82, 2.24) is 4.98 Å². The zero-order valence-electron chi connectivity index (χ0n) is 6.34. The fourth-order valence-electron chi connectivity index (χ4n) is 0.880. The van der Waals surface area contributed by atoms with Gasteiger partial charge in [-0.25, -0.2) is 0 Å². The number of carboxylic acid groups (broad SMARTS) is 1. The van der Waals surface area contributed by atoms with Gasteiger partial charge >= 0.3 is 5.97 Å². The SMILES string of the molecule is O=C(O)C(CS)c1ccccn1. The Morgan fingerprint density at radius 3 is 2.83 bits per heavy atom. The van der Waals surface area contributed by atoms with E-state index < -0.39 is 11.9 Å². The minimum Gasteiger partial charge on any atom is -0.481 e. The summed E-state index contributed by atoms with van der Waals surface area (Å²) in [5.74, 6) is -1.22. The summed E-state index contributed by atoms with van der Waals surface area (Å²) >= 11 is 3.95. The smallest absolute Gasteiger partial charge is 0.313 e.